The van der Waals surface area contributed by atoms with Crippen LogP contribution in [0.25, 0.3) is 0 Å². The highest BCUT2D eigenvalue weighted by atomic mass is 16.7. The van der Waals surface area contributed by atoms with Gasteiger partial charge in [0.15, 0.2) is 35.0 Å². The van der Waals surface area contributed by atoms with E-state index in [1.807, 2.05) is 0 Å². The van der Waals surface area contributed by atoms with Crippen LogP contribution in [0.3, 0.4) is 0 Å². The average molecular weight is 1510 g/mol. The van der Waals surface area contributed by atoms with Gasteiger partial charge in [-0.25, -0.2) is 19.2 Å². The monoisotopic (exact) mass is 1510 g/mol. The van der Waals surface area contributed by atoms with Gasteiger partial charge in [0.2, 0.25) is 23.1 Å². The SMILES string of the molecule is C/C1=C\C=C\[C@]2(C)C=C(CO[C@H]3O[C@@H](CO)[C@H](O)[C@@H](O)[C@@H]3O)[C@@H](C)C[C@@]23OC(=O)C(=C(O)/C=C/[C@]2(C)C=C(CO)[C@@H](C)C[C@@]24OC(=O)C(=C(O)/C(C)=C/C=C/[C@]2(C)C=C(CO[C@H]5O[C@@H](CO)[C@H](O)[C@@H](O)[C@@H]5O)[C@H](C)C[C@@]25OC(=O)C(=C(O)/C=C/[C@]2(C)C=C(CO)[C@H](C)C[C@@]26OC(=O)C(=C1O)C6=O)C5=O)C4=O)C3=O. The Hall–Kier alpha value is -8.44. The van der Waals surface area contributed by atoms with Gasteiger partial charge in [-0.3, -0.25) is 19.2 Å². The number of esters is 4. The van der Waals surface area contributed by atoms with E-state index in [4.69, 9.17) is 37.9 Å². The highest BCUT2D eigenvalue weighted by molar-refractivity contribution is 6.29. The minimum atomic E-state index is -2.28. The maximum Gasteiger partial charge on any atom is 0.346 e. The van der Waals surface area contributed by atoms with E-state index in [1.165, 1.54) is 114 Å². The van der Waals surface area contributed by atoms with E-state index in [-0.39, 0.29) is 36.8 Å². The number of allylic oxidation sites excluding steroid dienone is 8. The Morgan fingerprint density at radius 1 is 0.398 bits per heavy atom. The van der Waals surface area contributed by atoms with Gasteiger partial charge in [-0.05, 0) is 111 Å². The standard InChI is InChI=1S/C78H92O30/c1-35-13-11-17-71(7)27-43(33-101-69-59(91)57(89)55(87)47(31-81)103-69)39(5)23-75(71)61(93)49(65(97)105-75)46(84)16-20-74(10)26-42(30-80)38(4)22-78(74)64(96)52(68(100)108-78)54(86)36(2)14-12-18-72(8)28-44(34-102-70-60(92)58(90)56(88)48(32-82)104-70)40(6)24-76(72)62(94)50(66(98)106-76)45(83)15-19-73(9)25-41(29-79)37(3)21-77(73)63(95)51(53(35)85)67(99)107-77/h11-20,25-28,37-40,47-48,55-60,69-70,79-92H,21-24,29-34H2,1-10H3/b17-11+,18-12+,19-15+,20-16+,35-13+,36-14+,49-46?,50-45?,53-51?,54-52?/t37-,38+,39+,40-,47-,48-,55-,56-,57+,58+,59-,60-,69-,70-,71+,72+,73+,74+,75-,76-,77-,78-/m0/s1. The molecule has 8 bridgehead atoms. The van der Waals surface area contributed by atoms with Crippen LogP contribution in [0.1, 0.15) is 94.9 Å². The first-order valence-electron chi connectivity index (χ1n) is 35.5. The summed E-state index contributed by atoms with van der Waals surface area (Å²) in [5.41, 5.74) is -19.0. The quantitative estimate of drug-likeness (QED) is 0.0646. The third-order valence-corrected chi connectivity index (χ3v) is 24.0. The van der Waals surface area contributed by atoms with E-state index in [9.17, 15) is 90.7 Å². The van der Waals surface area contributed by atoms with Crippen LogP contribution in [0.2, 0.25) is 0 Å². The van der Waals surface area contributed by atoms with Crippen molar-refractivity contribution in [1.29, 1.82) is 0 Å². The van der Waals surface area contributed by atoms with Gasteiger partial charge in [0.1, 0.15) is 94.2 Å². The number of hydrogen-bond donors (Lipinski definition) is 14. The number of Topliss-reactive ketones (excluding diaryl/α,β-unsaturated/α-hetero) is 4. The second-order valence-corrected chi connectivity index (χ2v) is 31.0. The molecule has 5 aliphatic carbocycles. The van der Waals surface area contributed by atoms with Crippen LogP contribution in [0, 0.1) is 45.3 Å². The summed E-state index contributed by atoms with van der Waals surface area (Å²) in [6, 6.07) is 0. The van der Waals surface area contributed by atoms with Crippen LogP contribution >= 0.6 is 0 Å². The Bertz CT molecular complexity index is 4030. The summed E-state index contributed by atoms with van der Waals surface area (Å²) in [7, 11) is 0. The fourth-order valence-corrected chi connectivity index (χ4v) is 17.0. The van der Waals surface area contributed by atoms with Crippen LogP contribution in [-0.2, 0) is 76.3 Å². The normalized spacial score (nSPS) is 43.4. The Labute approximate surface area is 619 Å². The fourth-order valence-electron chi connectivity index (χ4n) is 17.0. The van der Waals surface area contributed by atoms with Gasteiger partial charge < -0.3 is 109 Å². The van der Waals surface area contributed by atoms with Gasteiger partial charge in [-0.15, -0.1) is 0 Å². The van der Waals surface area contributed by atoms with Crippen molar-refractivity contribution in [3.63, 3.8) is 0 Å². The maximum atomic E-state index is 15.5. The number of aliphatic hydroxyl groups excluding tert-OH is 14. The average Bonchev–Trinajstić information content (AvgIpc) is 1.55. The van der Waals surface area contributed by atoms with Gasteiger partial charge in [0, 0.05) is 25.7 Å². The zero-order valence-corrected chi connectivity index (χ0v) is 61.0. The predicted molar refractivity (Wildman–Crippen MR) is 372 cm³/mol. The van der Waals surface area contributed by atoms with Crippen molar-refractivity contribution in [1.82, 2.24) is 0 Å². The molecule has 11 rings (SSSR count). The summed E-state index contributed by atoms with van der Waals surface area (Å²) < 4.78 is 47.6. The number of carbonyl (C=O) groups excluding carboxylic acids is 8. The van der Waals surface area contributed by atoms with E-state index in [2.05, 4.69) is 0 Å². The van der Waals surface area contributed by atoms with Crippen molar-refractivity contribution in [2.75, 3.05) is 39.6 Å². The number of carbonyl (C=O) groups is 8. The molecule has 108 heavy (non-hydrogen) atoms. The van der Waals surface area contributed by atoms with Crippen molar-refractivity contribution in [3.8, 4) is 0 Å². The summed E-state index contributed by atoms with van der Waals surface area (Å²) in [6.45, 7) is 11.3. The number of ether oxygens (including phenoxy) is 8. The molecule has 6 fully saturated rings. The van der Waals surface area contributed by atoms with Crippen LogP contribution in [-0.4, -0.2) is 242 Å². The van der Waals surface area contributed by atoms with E-state index in [0.29, 0.717) is 22.3 Å². The molecule has 0 amide bonds. The Morgan fingerprint density at radius 3 is 0.981 bits per heavy atom. The molecule has 0 aromatic heterocycles. The predicted octanol–water partition coefficient (Wildman–Crippen LogP) is 2.33. The minimum absolute atomic E-state index is 0.175. The van der Waals surface area contributed by atoms with Gasteiger partial charge in [-0.1, -0.05) is 101 Å². The van der Waals surface area contributed by atoms with Crippen molar-refractivity contribution in [2.45, 2.75) is 179 Å². The summed E-state index contributed by atoms with van der Waals surface area (Å²) in [4.78, 5) is 120. The highest BCUT2D eigenvalue weighted by Crippen LogP contribution is 2.59. The highest BCUT2D eigenvalue weighted by Gasteiger charge is 2.69. The lowest BCUT2D eigenvalue weighted by atomic mass is 9.60. The maximum absolute atomic E-state index is 15.5. The summed E-state index contributed by atoms with van der Waals surface area (Å²) in [5, 5.41) is 154. The smallest absolute Gasteiger partial charge is 0.346 e. The largest absolute Gasteiger partial charge is 0.507 e. The molecule has 14 N–H and O–H groups in total. The van der Waals surface area contributed by atoms with E-state index in [1.54, 1.807) is 27.7 Å². The summed E-state index contributed by atoms with van der Waals surface area (Å²) in [6.07, 6.45) is -0.393. The number of aliphatic hydroxyl groups is 14. The zero-order valence-electron chi connectivity index (χ0n) is 61.0. The molecule has 6 aliphatic heterocycles. The minimum Gasteiger partial charge on any atom is -0.507 e. The topological polar surface area (TPSA) is 494 Å². The van der Waals surface area contributed by atoms with Crippen molar-refractivity contribution in [2.24, 2.45) is 45.3 Å². The Morgan fingerprint density at radius 2 is 0.676 bits per heavy atom. The van der Waals surface area contributed by atoms with Crippen LogP contribution in [0.15, 0.2) is 164 Å². The molecule has 0 saturated carbocycles. The van der Waals surface area contributed by atoms with Gasteiger partial charge in [0.25, 0.3) is 0 Å². The van der Waals surface area contributed by atoms with Crippen molar-refractivity contribution < 1.29 is 148 Å². The van der Waals surface area contributed by atoms with Crippen molar-refractivity contribution >= 4 is 47.0 Å². The van der Waals surface area contributed by atoms with Crippen LogP contribution in [0.5, 0.6) is 0 Å². The molecule has 6 heterocycles. The van der Waals surface area contributed by atoms with Crippen LogP contribution in [0.4, 0.5) is 0 Å². The molecule has 11 aliphatic rings. The molecule has 0 unspecified atom stereocenters. The van der Waals surface area contributed by atoms with E-state index < -0.39 is 261 Å². The zero-order chi connectivity index (χ0) is 79.4. The van der Waals surface area contributed by atoms with E-state index in [0.717, 1.165) is 12.2 Å². The Balaban J connectivity index is 1.07. The first kappa shape index (κ1) is 80.6. The first-order valence-corrected chi connectivity index (χ1v) is 35.5. The molecule has 22 atom stereocenters. The molecule has 0 aromatic rings. The third-order valence-electron chi connectivity index (χ3n) is 24.0. The molecule has 30 nitrogen and oxygen atoms in total. The number of fused-ring (bicyclic) bond motifs is 4. The molecule has 4 spiro atoms. The number of ketones is 4. The third kappa shape index (κ3) is 12.7. The number of rotatable bonds is 10. The lowest BCUT2D eigenvalue weighted by Crippen LogP contribution is -2.59. The second kappa shape index (κ2) is 29.1. The van der Waals surface area contributed by atoms with Gasteiger partial charge >= 0.3 is 23.9 Å². The van der Waals surface area contributed by atoms with Gasteiger partial charge in [0.05, 0.1) is 61.3 Å². The number of hydrogen-bond acceptors (Lipinski definition) is 30. The molecule has 0 radical (unpaired) electrons. The van der Waals surface area contributed by atoms with Crippen molar-refractivity contribution in [3.05, 3.63) is 164 Å². The molecular weight excluding hydrogens is 1420 g/mol. The lowest BCUT2D eigenvalue weighted by Gasteiger charge is -2.46. The summed E-state index contributed by atoms with van der Waals surface area (Å²) in [5.74, 6) is -16.4. The molecular formula is C78H92O30. The molecule has 0 aromatic carbocycles. The fraction of sp³-hybridized carbons (Fsp3) is 0.538. The van der Waals surface area contributed by atoms with Gasteiger partial charge in [-0.2, -0.15) is 0 Å². The lowest BCUT2D eigenvalue weighted by molar-refractivity contribution is -0.299. The Kier molecular flexibility index (Phi) is 21.7. The second-order valence-electron chi connectivity index (χ2n) is 31.0. The summed E-state index contributed by atoms with van der Waals surface area (Å²) >= 11 is 0. The molecule has 6 saturated heterocycles. The van der Waals surface area contributed by atoms with E-state index >= 15 is 19.2 Å². The molecule has 584 valence electrons. The first-order chi connectivity index (χ1) is 50.6. The van der Waals surface area contributed by atoms with Crippen LogP contribution < -0.4 is 0 Å². The molecule has 30 heteroatoms.